The lowest BCUT2D eigenvalue weighted by Crippen LogP contribution is -2.50. The van der Waals surface area contributed by atoms with E-state index in [0.717, 1.165) is 18.8 Å². The Morgan fingerprint density at radius 3 is 2.00 bits per heavy atom. The molecule has 2 rings (SSSR count). The van der Waals surface area contributed by atoms with Crippen molar-refractivity contribution in [1.29, 1.82) is 0 Å². The molecule has 2 saturated heterocycles. The van der Waals surface area contributed by atoms with Crippen molar-refractivity contribution in [3.8, 4) is 0 Å². The highest BCUT2D eigenvalue weighted by molar-refractivity contribution is 7.90. The predicted octanol–water partition coefficient (Wildman–Crippen LogP) is 1.63. The smallest absolute Gasteiger partial charge is 0.321 e. The first-order valence-electron chi connectivity index (χ1n) is 11.1. The fraction of sp³-hybridized carbons (Fsp3) is 0.636. The van der Waals surface area contributed by atoms with Gasteiger partial charge < -0.3 is 20.0 Å². The van der Waals surface area contributed by atoms with Crippen LogP contribution in [0.2, 0.25) is 0 Å². The molecule has 0 unspecified atom stereocenters. The molecule has 0 aromatic carbocycles. The molecule has 32 heavy (non-hydrogen) atoms. The fourth-order valence-electron chi connectivity index (χ4n) is 3.62. The Hall–Kier alpha value is -2.33. The van der Waals surface area contributed by atoms with Gasteiger partial charge in [-0.2, -0.15) is 0 Å². The quantitative estimate of drug-likeness (QED) is 0.554. The molecule has 2 fully saturated rings. The normalized spacial score (nSPS) is 19.3. The van der Waals surface area contributed by atoms with Crippen LogP contribution in [0.3, 0.4) is 0 Å². The van der Waals surface area contributed by atoms with Crippen LogP contribution in [0.1, 0.15) is 40.5 Å². The molecular weight excluding hydrogens is 430 g/mol. The van der Waals surface area contributed by atoms with Crippen molar-refractivity contribution in [2.75, 3.05) is 39.3 Å². The molecule has 0 aromatic rings. The Labute approximate surface area is 192 Å². The number of nitrogens with zero attached hydrogens (tertiary/aromatic N) is 3. The van der Waals surface area contributed by atoms with E-state index in [1.807, 2.05) is 24.0 Å². The van der Waals surface area contributed by atoms with E-state index in [9.17, 15) is 18.0 Å². The summed E-state index contributed by atoms with van der Waals surface area (Å²) in [6, 6.07) is -0.364. The molecule has 0 bridgehead atoms. The molecule has 2 aliphatic heterocycles. The van der Waals surface area contributed by atoms with E-state index < -0.39 is 15.3 Å². The molecule has 3 amide bonds. The number of likely N-dealkylation sites (tertiary alicyclic amines) is 1. The van der Waals surface area contributed by atoms with E-state index in [-0.39, 0.29) is 18.0 Å². The van der Waals surface area contributed by atoms with Gasteiger partial charge in [-0.15, -0.1) is 0 Å². The molecule has 0 radical (unpaired) electrons. The van der Waals surface area contributed by atoms with Gasteiger partial charge in [0.1, 0.15) is 0 Å². The lowest BCUT2D eigenvalue weighted by molar-refractivity contribution is -0.130. The van der Waals surface area contributed by atoms with Gasteiger partial charge in [0.15, 0.2) is 0 Å². The maximum Gasteiger partial charge on any atom is 0.321 e. The van der Waals surface area contributed by atoms with Gasteiger partial charge in [0.2, 0.25) is 15.9 Å². The first-order chi connectivity index (χ1) is 15.0. The molecule has 0 atom stereocenters. The minimum Gasteiger partial charge on any atom is -0.371 e. The number of rotatable bonds is 7. The van der Waals surface area contributed by atoms with Gasteiger partial charge in [-0.25, -0.2) is 17.9 Å². The molecule has 2 aliphatic rings. The molecule has 10 heteroatoms. The highest BCUT2D eigenvalue weighted by atomic mass is 32.2. The predicted molar refractivity (Wildman–Crippen MR) is 126 cm³/mol. The van der Waals surface area contributed by atoms with Gasteiger partial charge in [-0.3, -0.25) is 4.79 Å². The molecule has 2 heterocycles. The second-order valence-electron chi connectivity index (χ2n) is 8.53. The lowest BCUT2D eigenvalue weighted by atomic mass is 10.1. The van der Waals surface area contributed by atoms with E-state index >= 15 is 0 Å². The van der Waals surface area contributed by atoms with Gasteiger partial charge in [-0.1, -0.05) is 6.58 Å². The Kier molecular flexibility index (Phi) is 9.33. The van der Waals surface area contributed by atoms with Gasteiger partial charge in [0, 0.05) is 63.6 Å². The van der Waals surface area contributed by atoms with E-state index in [2.05, 4.69) is 21.5 Å². The summed E-state index contributed by atoms with van der Waals surface area (Å²) in [6.07, 6.45) is 6.52. The Bertz CT molecular complexity index is 850. The van der Waals surface area contributed by atoms with Crippen LogP contribution in [0.5, 0.6) is 0 Å². The Morgan fingerprint density at radius 2 is 1.50 bits per heavy atom. The lowest BCUT2D eigenvalue weighted by Gasteiger charge is -2.36. The number of urea groups is 1. The minimum atomic E-state index is -3.31. The van der Waals surface area contributed by atoms with Gasteiger partial charge >= 0.3 is 6.03 Å². The third-order valence-electron chi connectivity index (χ3n) is 5.93. The van der Waals surface area contributed by atoms with E-state index in [4.69, 9.17) is 0 Å². The van der Waals surface area contributed by atoms with E-state index in [1.54, 1.807) is 31.7 Å². The van der Waals surface area contributed by atoms with Crippen molar-refractivity contribution >= 4 is 22.0 Å². The summed E-state index contributed by atoms with van der Waals surface area (Å²) in [7, 11) is -3.31. The van der Waals surface area contributed by atoms with Crippen LogP contribution >= 0.6 is 0 Å². The third kappa shape index (κ3) is 7.37. The number of sulfonamides is 1. The Morgan fingerprint density at radius 1 is 0.938 bits per heavy atom. The highest BCUT2D eigenvalue weighted by Crippen LogP contribution is 2.14. The summed E-state index contributed by atoms with van der Waals surface area (Å²) in [5.41, 5.74) is 1.65. The maximum atomic E-state index is 12.6. The van der Waals surface area contributed by atoms with Crippen molar-refractivity contribution < 1.29 is 18.0 Å². The number of allylic oxidation sites excluding steroid dienone is 4. The number of amides is 3. The Balaban J connectivity index is 1.86. The van der Waals surface area contributed by atoms with Crippen LogP contribution in [0.15, 0.2) is 36.2 Å². The molecule has 0 aromatic heterocycles. The molecule has 0 aliphatic carbocycles. The van der Waals surface area contributed by atoms with Gasteiger partial charge in [0.25, 0.3) is 0 Å². The number of piperidine rings is 1. The minimum absolute atomic E-state index is 0.101. The summed E-state index contributed by atoms with van der Waals surface area (Å²) >= 11 is 0. The van der Waals surface area contributed by atoms with E-state index in [0.29, 0.717) is 44.7 Å². The van der Waals surface area contributed by atoms with Crippen LogP contribution in [-0.4, -0.2) is 85.6 Å². The molecule has 0 saturated carbocycles. The number of nitrogens with one attached hydrogen (secondary N) is 2. The second kappa shape index (κ2) is 11.5. The van der Waals surface area contributed by atoms with Crippen LogP contribution < -0.4 is 10.0 Å². The average Bonchev–Trinajstić information content (AvgIpc) is 2.76. The van der Waals surface area contributed by atoms with E-state index in [1.165, 1.54) is 0 Å². The third-order valence-corrected chi connectivity index (χ3v) is 7.84. The number of carbonyl (C=O) groups excluding carboxylic acids is 2. The van der Waals surface area contributed by atoms with Crippen LogP contribution in [0.4, 0.5) is 4.79 Å². The van der Waals surface area contributed by atoms with Gasteiger partial charge in [-0.05, 0) is 51.8 Å². The summed E-state index contributed by atoms with van der Waals surface area (Å²) in [6.45, 7) is 14.6. The number of hydrogen-bond acceptors (Lipinski definition) is 5. The summed E-state index contributed by atoms with van der Waals surface area (Å²) in [4.78, 5) is 29.8. The fourth-order valence-corrected chi connectivity index (χ4v) is 4.59. The molecular formula is C22H37N5O4S. The topological polar surface area (TPSA) is 102 Å². The maximum absolute atomic E-state index is 12.6. The number of piperazine rings is 1. The monoisotopic (exact) mass is 467 g/mol. The van der Waals surface area contributed by atoms with Crippen molar-refractivity contribution in [2.24, 2.45) is 0 Å². The van der Waals surface area contributed by atoms with Gasteiger partial charge in [0.05, 0.1) is 5.25 Å². The van der Waals surface area contributed by atoms with Crippen molar-refractivity contribution in [1.82, 2.24) is 24.7 Å². The number of carbonyl (C=O) groups is 2. The first kappa shape index (κ1) is 25.9. The standard InChI is InChI=1S/C22H37N5O4S/c1-6-20(8-7-18(4)25-13-15-26(16-14-25)19(5)28)23-22(29)27-11-9-21(10-12-27)24-32(30,31)17(2)3/h6-8,17,21,24H,1,9-16H2,2-5H3,(H,23,29)/b18-7+,20-8+. The molecule has 2 N–H and O–H groups in total. The zero-order valence-electron chi connectivity index (χ0n) is 19.6. The largest absolute Gasteiger partial charge is 0.371 e. The van der Waals surface area contributed by atoms with Crippen LogP contribution in [0.25, 0.3) is 0 Å². The second-order valence-corrected chi connectivity index (χ2v) is 10.8. The highest BCUT2D eigenvalue weighted by Gasteiger charge is 2.27. The molecule has 0 spiro atoms. The molecule has 9 nitrogen and oxygen atoms in total. The van der Waals surface area contributed by atoms with Crippen molar-refractivity contribution in [2.45, 2.75) is 51.8 Å². The van der Waals surface area contributed by atoms with Crippen LogP contribution in [0, 0.1) is 0 Å². The summed E-state index contributed by atoms with van der Waals surface area (Å²) < 4.78 is 26.8. The van der Waals surface area contributed by atoms with Crippen molar-refractivity contribution in [3.05, 3.63) is 36.2 Å². The van der Waals surface area contributed by atoms with Crippen molar-refractivity contribution in [3.63, 3.8) is 0 Å². The summed E-state index contributed by atoms with van der Waals surface area (Å²) in [5, 5.41) is 2.40. The average molecular weight is 468 g/mol. The zero-order chi connectivity index (χ0) is 23.9. The van der Waals surface area contributed by atoms with Crippen LogP contribution in [-0.2, 0) is 14.8 Å². The SMILES string of the molecule is C=C/C(=C\C=C(/C)N1CCN(C(C)=O)CC1)NC(=O)N1CCC(NS(=O)(=O)C(C)C)CC1. The number of hydrogen-bond donors (Lipinski definition) is 2. The summed E-state index contributed by atoms with van der Waals surface area (Å²) in [5.74, 6) is 0.101. The first-order valence-corrected chi connectivity index (χ1v) is 12.7. The zero-order valence-corrected chi connectivity index (χ0v) is 20.5. The molecule has 180 valence electrons.